The van der Waals surface area contributed by atoms with Crippen LogP contribution in [0.4, 0.5) is 4.39 Å². The Morgan fingerprint density at radius 1 is 1.42 bits per heavy atom. The van der Waals surface area contributed by atoms with Gasteiger partial charge in [-0.1, -0.05) is 0 Å². The van der Waals surface area contributed by atoms with E-state index in [1.807, 2.05) is 0 Å². The van der Waals surface area contributed by atoms with Crippen molar-refractivity contribution in [3.05, 3.63) is 36.7 Å². The number of H-pyrrole nitrogens is 1. The van der Waals surface area contributed by atoms with E-state index >= 15 is 0 Å². The minimum absolute atomic E-state index is 0.297. The Balaban J connectivity index is 2.48. The lowest BCUT2D eigenvalue weighted by Gasteiger charge is -1.94. The number of imidazole rings is 1. The van der Waals surface area contributed by atoms with Crippen LogP contribution in [0.1, 0.15) is 0 Å². The van der Waals surface area contributed by atoms with Gasteiger partial charge in [0.25, 0.3) is 0 Å². The van der Waals surface area contributed by atoms with Crippen LogP contribution < -0.4 is 0 Å². The van der Waals surface area contributed by atoms with Crippen LogP contribution in [0.2, 0.25) is 0 Å². The molecular formula is C8H6FN3. The number of rotatable bonds is 1. The number of hydrogen-bond acceptors (Lipinski definition) is 2. The fraction of sp³-hybridized carbons (Fsp3) is 0. The van der Waals surface area contributed by atoms with Gasteiger partial charge in [-0.15, -0.1) is 0 Å². The van der Waals surface area contributed by atoms with E-state index in [0.29, 0.717) is 5.69 Å². The smallest absolute Gasteiger partial charge is 0.126 e. The first kappa shape index (κ1) is 6.97. The number of hydrogen-bond donors (Lipinski definition) is 1. The third-order valence-electron chi connectivity index (χ3n) is 1.50. The fourth-order valence-corrected chi connectivity index (χ4v) is 0.948. The van der Waals surface area contributed by atoms with Crippen molar-refractivity contribution in [1.29, 1.82) is 0 Å². The summed E-state index contributed by atoms with van der Waals surface area (Å²) in [5, 5.41) is 0. The summed E-state index contributed by atoms with van der Waals surface area (Å²) in [5.41, 5.74) is 1.28. The summed E-state index contributed by atoms with van der Waals surface area (Å²) >= 11 is 0. The van der Waals surface area contributed by atoms with Crippen LogP contribution in [0, 0.1) is 5.82 Å². The van der Waals surface area contributed by atoms with E-state index < -0.39 is 0 Å². The first-order chi connectivity index (χ1) is 5.86. The Morgan fingerprint density at radius 3 is 3.00 bits per heavy atom. The van der Waals surface area contributed by atoms with Crippen LogP contribution in [0.25, 0.3) is 11.4 Å². The maximum Gasteiger partial charge on any atom is 0.126 e. The van der Waals surface area contributed by atoms with E-state index in [0.717, 1.165) is 5.69 Å². The topological polar surface area (TPSA) is 41.6 Å². The Kier molecular flexibility index (Phi) is 1.59. The molecule has 0 aliphatic heterocycles. The zero-order chi connectivity index (χ0) is 8.39. The molecule has 4 heteroatoms. The molecule has 0 saturated carbocycles. The summed E-state index contributed by atoms with van der Waals surface area (Å²) in [7, 11) is 0. The van der Waals surface area contributed by atoms with Crippen molar-refractivity contribution in [2.24, 2.45) is 0 Å². The van der Waals surface area contributed by atoms with Crippen LogP contribution >= 0.6 is 0 Å². The van der Waals surface area contributed by atoms with Gasteiger partial charge in [0, 0.05) is 12.3 Å². The molecule has 2 aromatic rings. The van der Waals surface area contributed by atoms with Crippen molar-refractivity contribution in [3.8, 4) is 11.4 Å². The quantitative estimate of drug-likeness (QED) is 0.693. The second-order valence-corrected chi connectivity index (χ2v) is 2.32. The zero-order valence-corrected chi connectivity index (χ0v) is 6.16. The maximum atomic E-state index is 12.7. The highest BCUT2D eigenvalue weighted by atomic mass is 19.1. The SMILES string of the molecule is Fc1ccnc(-c2cnc[nH]2)c1. The minimum atomic E-state index is -0.297. The molecule has 0 amide bonds. The number of aromatic nitrogens is 3. The van der Waals surface area contributed by atoms with Crippen LogP contribution in [0.15, 0.2) is 30.9 Å². The highest BCUT2D eigenvalue weighted by Gasteiger charge is 2.00. The van der Waals surface area contributed by atoms with E-state index in [4.69, 9.17) is 0 Å². The Labute approximate surface area is 68.3 Å². The Bertz CT molecular complexity index is 370. The molecule has 12 heavy (non-hydrogen) atoms. The Morgan fingerprint density at radius 2 is 2.33 bits per heavy atom. The van der Waals surface area contributed by atoms with E-state index in [1.54, 1.807) is 6.20 Å². The summed E-state index contributed by atoms with van der Waals surface area (Å²) in [4.78, 5) is 10.6. The molecule has 2 rings (SSSR count). The molecule has 0 atom stereocenters. The molecular weight excluding hydrogens is 157 g/mol. The average molecular weight is 163 g/mol. The summed E-state index contributed by atoms with van der Waals surface area (Å²) in [6, 6.07) is 2.66. The molecule has 0 unspecified atom stereocenters. The van der Waals surface area contributed by atoms with Crippen molar-refractivity contribution in [1.82, 2.24) is 15.0 Å². The average Bonchev–Trinajstić information content (AvgIpc) is 2.56. The van der Waals surface area contributed by atoms with Gasteiger partial charge in [-0.05, 0) is 6.07 Å². The zero-order valence-electron chi connectivity index (χ0n) is 6.16. The second kappa shape index (κ2) is 2.73. The van der Waals surface area contributed by atoms with Crippen LogP contribution in [0.3, 0.4) is 0 Å². The number of aromatic amines is 1. The van der Waals surface area contributed by atoms with Gasteiger partial charge in [-0.25, -0.2) is 9.37 Å². The van der Waals surface area contributed by atoms with E-state index in [2.05, 4.69) is 15.0 Å². The molecule has 2 aromatic heterocycles. The predicted octanol–water partition coefficient (Wildman–Crippen LogP) is 1.61. The number of nitrogens with zero attached hydrogens (tertiary/aromatic N) is 2. The summed E-state index contributed by atoms with van der Waals surface area (Å²) in [6.07, 6.45) is 4.55. The molecule has 0 aliphatic carbocycles. The lowest BCUT2D eigenvalue weighted by Crippen LogP contribution is -1.83. The van der Waals surface area contributed by atoms with Crippen LogP contribution in [-0.2, 0) is 0 Å². The largest absolute Gasteiger partial charge is 0.343 e. The maximum absolute atomic E-state index is 12.7. The molecule has 0 fully saturated rings. The summed E-state index contributed by atoms with van der Waals surface area (Å²) < 4.78 is 12.7. The summed E-state index contributed by atoms with van der Waals surface area (Å²) in [6.45, 7) is 0. The summed E-state index contributed by atoms with van der Waals surface area (Å²) in [5.74, 6) is -0.297. The third kappa shape index (κ3) is 1.18. The molecule has 0 radical (unpaired) electrons. The predicted molar refractivity (Wildman–Crippen MR) is 41.8 cm³/mol. The molecule has 0 aliphatic rings. The van der Waals surface area contributed by atoms with Crippen molar-refractivity contribution in [2.45, 2.75) is 0 Å². The molecule has 0 saturated heterocycles. The van der Waals surface area contributed by atoms with Gasteiger partial charge >= 0.3 is 0 Å². The minimum Gasteiger partial charge on any atom is -0.343 e. The molecule has 0 spiro atoms. The highest BCUT2D eigenvalue weighted by molar-refractivity contribution is 5.51. The molecule has 3 nitrogen and oxygen atoms in total. The first-order valence-electron chi connectivity index (χ1n) is 3.46. The lowest BCUT2D eigenvalue weighted by atomic mass is 10.3. The molecule has 0 bridgehead atoms. The molecule has 2 heterocycles. The van der Waals surface area contributed by atoms with Gasteiger partial charge in [-0.2, -0.15) is 0 Å². The van der Waals surface area contributed by atoms with Crippen LogP contribution in [0.5, 0.6) is 0 Å². The first-order valence-corrected chi connectivity index (χ1v) is 3.46. The number of nitrogens with one attached hydrogen (secondary N) is 1. The highest BCUT2D eigenvalue weighted by Crippen LogP contribution is 2.12. The number of pyridine rings is 1. The van der Waals surface area contributed by atoms with E-state index in [9.17, 15) is 4.39 Å². The molecule has 1 N–H and O–H groups in total. The lowest BCUT2D eigenvalue weighted by molar-refractivity contribution is 0.626. The van der Waals surface area contributed by atoms with Crippen molar-refractivity contribution < 1.29 is 4.39 Å². The van der Waals surface area contributed by atoms with Gasteiger partial charge in [-0.3, -0.25) is 4.98 Å². The van der Waals surface area contributed by atoms with E-state index in [-0.39, 0.29) is 5.82 Å². The van der Waals surface area contributed by atoms with Crippen molar-refractivity contribution in [3.63, 3.8) is 0 Å². The normalized spacial score (nSPS) is 10.1. The van der Waals surface area contributed by atoms with Gasteiger partial charge < -0.3 is 4.98 Å². The molecule has 0 aromatic carbocycles. The third-order valence-corrected chi connectivity index (χ3v) is 1.50. The fourth-order valence-electron chi connectivity index (χ4n) is 0.948. The van der Waals surface area contributed by atoms with E-state index in [1.165, 1.54) is 24.7 Å². The Hall–Kier alpha value is -1.71. The van der Waals surface area contributed by atoms with Gasteiger partial charge in [0.15, 0.2) is 0 Å². The number of halogens is 1. The monoisotopic (exact) mass is 163 g/mol. The van der Waals surface area contributed by atoms with Crippen molar-refractivity contribution >= 4 is 0 Å². The van der Waals surface area contributed by atoms with Gasteiger partial charge in [0.05, 0.1) is 23.9 Å². The van der Waals surface area contributed by atoms with Crippen LogP contribution in [-0.4, -0.2) is 15.0 Å². The second-order valence-electron chi connectivity index (χ2n) is 2.32. The standard InChI is InChI=1S/C8H6FN3/c9-6-1-2-11-7(3-6)8-4-10-5-12-8/h1-5H,(H,10,12). The van der Waals surface area contributed by atoms with Gasteiger partial charge in [0.1, 0.15) is 5.82 Å². The van der Waals surface area contributed by atoms with Crippen molar-refractivity contribution in [2.75, 3.05) is 0 Å². The van der Waals surface area contributed by atoms with Gasteiger partial charge in [0.2, 0.25) is 0 Å². The molecule has 60 valence electrons.